The van der Waals surface area contributed by atoms with Crippen LogP contribution in [0.3, 0.4) is 0 Å². The Kier molecular flexibility index (Phi) is 5.16. The molecule has 2 rings (SSSR count). The third-order valence-corrected chi connectivity index (χ3v) is 3.70. The first-order valence-electron chi connectivity index (χ1n) is 5.80. The van der Waals surface area contributed by atoms with E-state index >= 15 is 0 Å². The highest BCUT2D eigenvalue weighted by Gasteiger charge is 2.02. The van der Waals surface area contributed by atoms with Crippen molar-refractivity contribution in [3.63, 3.8) is 0 Å². The maximum Gasteiger partial charge on any atom is 0.131 e. The van der Waals surface area contributed by atoms with E-state index in [0.717, 1.165) is 34.0 Å². The number of hydrogen-bond acceptors (Lipinski definition) is 4. The molecular formula is C13H15BrN2OS. The molecule has 1 heterocycles. The molecular weight excluding hydrogens is 312 g/mol. The molecule has 0 saturated carbocycles. The lowest BCUT2D eigenvalue weighted by Gasteiger charge is -2.04. The Bertz CT molecular complexity index is 501. The minimum atomic E-state index is 0.513. The van der Waals surface area contributed by atoms with Crippen molar-refractivity contribution in [1.29, 1.82) is 0 Å². The maximum absolute atomic E-state index is 5.68. The van der Waals surface area contributed by atoms with Crippen LogP contribution in [0, 0.1) is 0 Å². The largest absolute Gasteiger partial charge is 0.487 e. The van der Waals surface area contributed by atoms with Crippen LogP contribution < -0.4 is 10.1 Å². The van der Waals surface area contributed by atoms with E-state index in [0.29, 0.717) is 6.61 Å². The number of benzene rings is 1. The normalized spacial score (nSPS) is 10.6. The Hall–Kier alpha value is -0.910. The Morgan fingerprint density at radius 1 is 1.44 bits per heavy atom. The number of thiazole rings is 1. The second kappa shape index (κ2) is 6.87. The van der Waals surface area contributed by atoms with Crippen molar-refractivity contribution >= 4 is 27.3 Å². The van der Waals surface area contributed by atoms with Gasteiger partial charge >= 0.3 is 0 Å². The predicted molar refractivity (Wildman–Crippen MR) is 78.0 cm³/mol. The molecule has 0 amide bonds. The zero-order chi connectivity index (χ0) is 12.8. The van der Waals surface area contributed by atoms with Gasteiger partial charge in [-0.05, 0) is 24.7 Å². The lowest BCUT2D eigenvalue weighted by atomic mass is 10.3. The molecule has 1 N–H and O–H groups in total. The molecule has 0 unspecified atom stereocenters. The molecule has 0 radical (unpaired) electrons. The first kappa shape index (κ1) is 13.5. The highest BCUT2D eigenvalue weighted by Crippen LogP contribution is 2.19. The van der Waals surface area contributed by atoms with Gasteiger partial charge in [0.15, 0.2) is 0 Å². The van der Waals surface area contributed by atoms with Gasteiger partial charge in [-0.3, -0.25) is 0 Å². The minimum absolute atomic E-state index is 0.513. The summed E-state index contributed by atoms with van der Waals surface area (Å²) in [6.45, 7) is 4.39. The van der Waals surface area contributed by atoms with Gasteiger partial charge in [0.1, 0.15) is 17.4 Å². The molecule has 0 atom stereocenters. The Morgan fingerprint density at radius 3 is 3.11 bits per heavy atom. The molecule has 96 valence electrons. The SMILES string of the molecule is CCNCc1nc(COc2cccc(Br)c2)cs1. The van der Waals surface area contributed by atoms with Crippen LogP contribution in [0.5, 0.6) is 5.75 Å². The molecule has 0 aliphatic carbocycles. The molecule has 18 heavy (non-hydrogen) atoms. The van der Waals surface area contributed by atoms with Crippen LogP contribution in [0.4, 0.5) is 0 Å². The van der Waals surface area contributed by atoms with E-state index in [-0.39, 0.29) is 0 Å². The summed E-state index contributed by atoms with van der Waals surface area (Å²) < 4.78 is 6.70. The average Bonchev–Trinajstić information content (AvgIpc) is 2.82. The average molecular weight is 327 g/mol. The van der Waals surface area contributed by atoms with Gasteiger partial charge in [-0.25, -0.2) is 4.98 Å². The fourth-order valence-electron chi connectivity index (χ4n) is 1.44. The smallest absolute Gasteiger partial charge is 0.131 e. The van der Waals surface area contributed by atoms with Crippen LogP contribution in [0.15, 0.2) is 34.1 Å². The first-order valence-corrected chi connectivity index (χ1v) is 7.47. The van der Waals surface area contributed by atoms with E-state index in [4.69, 9.17) is 4.74 Å². The second-order valence-electron chi connectivity index (χ2n) is 3.76. The summed E-state index contributed by atoms with van der Waals surface area (Å²) in [4.78, 5) is 4.50. The Labute approximate surface area is 119 Å². The molecule has 5 heteroatoms. The highest BCUT2D eigenvalue weighted by atomic mass is 79.9. The summed E-state index contributed by atoms with van der Waals surface area (Å²) in [6.07, 6.45) is 0. The van der Waals surface area contributed by atoms with Crippen molar-refractivity contribution in [1.82, 2.24) is 10.3 Å². The second-order valence-corrected chi connectivity index (χ2v) is 5.62. The Morgan fingerprint density at radius 2 is 2.33 bits per heavy atom. The summed E-state index contributed by atoms with van der Waals surface area (Å²) in [6, 6.07) is 7.82. The number of nitrogens with zero attached hydrogens (tertiary/aromatic N) is 1. The number of nitrogens with one attached hydrogen (secondary N) is 1. The predicted octanol–water partition coefficient (Wildman–Crippen LogP) is 3.59. The molecule has 0 saturated heterocycles. The molecule has 2 aromatic rings. The van der Waals surface area contributed by atoms with Crippen molar-refractivity contribution in [2.75, 3.05) is 6.54 Å². The molecule has 0 bridgehead atoms. The maximum atomic E-state index is 5.68. The number of ether oxygens (including phenoxy) is 1. The monoisotopic (exact) mass is 326 g/mol. The molecule has 3 nitrogen and oxygen atoms in total. The fraction of sp³-hybridized carbons (Fsp3) is 0.308. The molecule has 0 aliphatic rings. The summed E-state index contributed by atoms with van der Waals surface area (Å²) in [5.41, 5.74) is 0.980. The highest BCUT2D eigenvalue weighted by molar-refractivity contribution is 9.10. The zero-order valence-electron chi connectivity index (χ0n) is 10.1. The standard InChI is InChI=1S/C13H15BrN2OS/c1-2-15-7-13-16-11(9-18-13)8-17-12-5-3-4-10(14)6-12/h3-6,9,15H,2,7-8H2,1H3. The summed E-state index contributed by atoms with van der Waals surface area (Å²) in [5, 5.41) is 6.41. The lowest BCUT2D eigenvalue weighted by molar-refractivity contribution is 0.301. The van der Waals surface area contributed by atoms with Crippen LogP contribution in [0.2, 0.25) is 0 Å². The van der Waals surface area contributed by atoms with Crippen LogP contribution >= 0.6 is 27.3 Å². The summed E-state index contributed by atoms with van der Waals surface area (Å²) >= 11 is 5.08. The third kappa shape index (κ3) is 4.08. The van der Waals surface area contributed by atoms with E-state index in [9.17, 15) is 0 Å². The number of aromatic nitrogens is 1. The van der Waals surface area contributed by atoms with Crippen LogP contribution in [0.1, 0.15) is 17.6 Å². The number of hydrogen-bond donors (Lipinski definition) is 1. The van der Waals surface area contributed by atoms with Crippen molar-refractivity contribution < 1.29 is 4.74 Å². The third-order valence-electron chi connectivity index (χ3n) is 2.31. The van der Waals surface area contributed by atoms with E-state index in [1.165, 1.54) is 0 Å². The van der Waals surface area contributed by atoms with Crippen LogP contribution in [0.25, 0.3) is 0 Å². The van der Waals surface area contributed by atoms with Gasteiger partial charge in [0.25, 0.3) is 0 Å². The number of halogens is 1. The van der Waals surface area contributed by atoms with E-state index in [1.54, 1.807) is 11.3 Å². The fourth-order valence-corrected chi connectivity index (χ4v) is 2.57. The summed E-state index contributed by atoms with van der Waals surface area (Å²) in [5.74, 6) is 0.852. The van der Waals surface area contributed by atoms with E-state index < -0.39 is 0 Å². The molecule has 0 fully saturated rings. The molecule has 0 aliphatic heterocycles. The quantitative estimate of drug-likeness (QED) is 0.880. The van der Waals surface area contributed by atoms with Gasteiger partial charge in [0.05, 0.1) is 5.69 Å². The topological polar surface area (TPSA) is 34.2 Å². The van der Waals surface area contributed by atoms with Gasteiger partial charge in [0.2, 0.25) is 0 Å². The van der Waals surface area contributed by atoms with Gasteiger partial charge in [-0.15, -0.1) is 11.3 Å². The van der Waals surface area contributed by atoms with E-state index in [1.807, 2.05) is 29.6 Å². The molecule has 1 aromatic carbocycles. The van der Waals surface area contributed by atoms with Gasteiger partial charge in [-0.1, -0.05) is 28.9 Å². The van der Waals surface area contributed by atoms with Gasteiger partial charge in [0, 0.05) is 16.4 Å². The van der Waals surface area contributed by atoms with Gasteiger partial charge in [-0.2, -0.15) is 0 Å². The van der Waals surface area contributed by atoms with E-state index in [2.05, 4.69) is 33.2 Å². The van der Waals surface area contributed by atoms with Crippen molar-refractivity contribution in [2.45, 2.75) is 20.1 Å². The molecule has 0 spiro atoms. The zero-order valence-corrected chi connectivity index (χ0v) is 12.6. The first-order chi connectivity index (χ1) is 8.78. The lowest BCUT2D eigenvalue weighted by Crippen LogP contribution is -2.11. The summed E-state index contributed by atoms with van der Waals surface area (Å²) in [7, 11) is 0. The van der Waals surface area contributed by atoms with Crippen molar-refractivity contribution in [3.05, 3.63) is 44.8 Å². The van der Waals surface area contributed by atoms with Crippen LogP contribution in [-0.2, 0) is 13.2 Å². The number of rotatable bonds is 6. The Balaban J connectivity index is 1.88. The van der Waals surface area contributed by atoms with Crippen molar-refractivity contribution in [3.8, 4) is 5.75 Å². The van der Waals surface area contributed by atoms with Gasteiger partial charge < -0.3 is 10.1 Å². The molecule has 1 aromatic heterocycles. The minimum Gasteiger partial charge on any atom is -0.487 e. The van der Waals surface area contributed by atoms with Crippen LogP contribution in [-0.4, -0.2) is 11.5 Å². The van der Waals surface area contributed by atoms with Crippen molar-refractivity contribution in [2.24, 2.45) is 0 Å².